The Morgan fingerprint density at radius 1 is 1.40 bits per heavy atom. The minimum Gasteiger partial charge on any atom is -0.496 e. The second-order valence-corrected chi connectivity index (χ2v) is 5.28. The van der Waals surface area contributed by atoms with Gasteiger partial charge < -0.3 is 15.4 Å². The Balaban J connectivity index is 2.08. The van der Waals surface area contributed by atoms with Gasteiger partial charge in [0.2, 0.25) is 0 Å². The third-order valence-electron chi connectivity index (χ3n) is 3.12. The lowest BCUT2D eigenvalue weighted by atomic mass is 10.1. The Hall–Kier alpha value is -1.23. The van der Waals surface area contributed by atoms with Crippen LogP contribution in [0.25, 0.3) is 0 Å². The van der Waals surface area contributed by atoms with Gasteiger partial charge in [-0.2, -0.15) is 0 Å². The number of hydrogen-bond donors (Lipinski definition) is 2. The molecule has 20 heavy (non-hydrogen) atoms. The smallest absolute Gasteiger partial charge is 0.255 e. The van der Waals surface area contributed by atoms with E-state index in [1.54, 1.807) is 6.07 Å². The zero-order valence-corrected chi connectivity index (χ0v) is 12.6. The van der Waals surface area contributed by atoms with Gasteiger partial charge in [-0.25, -0.2) is 0 Å². The van der Waals surface area contributed by atoms with E-state index in [4.69, 9.17) is 27.9 Å². The molecule has 0 radical (unpaired) electrons. The molecule has 108 valence electrons. The van der Waals surface area contributed by atoms with Crippen LogP contribution in [0.1, 0.15) is 16.8 Å². The van der Waals surface area contributed by atoms with E-state index in [-0.39, 0.29) is 5.91 Å². The van der Waals surface area contributed by atoms with E-state index in [2.05, 4.69) is 16.7 Å². The SMILES string of the molecule is COc1cc(Cl)c(Cl)cc1C(=O)NCC1=CCNCC1. The first-order chi connectivity index (χ1) is 9.61. The molecule has 0 fully saturated rings. The molecule has 0 saturated carbocycles. The Labute approximate surface area is 128 Å². The van der Waals surface area contributed by atoms with Crippen molar-refractivity contribution < 1.29 is 9.53 Å². The Morgan fingerprint density at radius 2 is 2.15 bits per heavy atom. The van der Waals surface area contributed by atoms with E-state index in [9.17, 15) is 4.79 Å². The highest BCUT2D eigenvalue weighted by Crippen LogP contribution is 2.30. The molecular weight excluding hydrogens is 299 g/mol. The van der Waals surface area contributed by atoms with Gasteiger partial charge in [-0.1, -0.05) is 34.9 Å². The maximum atomic E-state index is 12.2. The summed E-state index contributed by atoms with van der Waals surface area (Å²) in [6.45, 7) is 2.32. The molecule has 1 aromatic carbocycles. The fourth-order valence-electron chi connectivity index (χ4n) is 1.99. The van der Waals surface area contributed by atoms with Crippen molar-refractivity contribution in [3.63, 3.8) is 0 Å². The lowest BCUT2D eigenvalue weighted by Gasteiger charge is -2.15. The largest absolute Gasteiger partial charge is 0.496 e. The summed E-state index contributed by atoms with van der Waals surface area (Å²) in [5.74, 6) is 0.191. The van der Waals surface area contributed by atoms with Crippen LogP contribution in [0.5, 0.6) is 5.75 Å². The molecular formula is C14H16Cl2N2O2. The minimum absolute atomic E-state index is 0.222. The maximum absolute atomic E-state index is 12.2. The zero-order valence-electron chi connectivity index (χ0n) is 11.1. The number of benzene rings is 1. The number of amides is 1. The van der Waals surface area contributed by atoms with Crippen molar-refractivity contribution in [2.75, 3.05) is 26.7 Å². The number of carbonyl (C=O) groups excluding carboxylic acids is 1. The summed E-state index contributed by atoms with van der Waals surface area (Å²) in [4.78, 5) is 12.2. The summed E-state index contributed by atoms with van der Waals surface area (Å²) in [6, 6.07) is 3.07. The standard InChI is InChI=1S/C14H16Cl2N2O2/c1-20-13-7-12(16)11(15)6-10(13)14(19)18-8-9-2-4-17-5-3-9/h2,6-7,17H,3-5,8H2,1H3,(H,18,19). The molecule has 0 aromatic heterocycles. The van der Waals surface area contributed by atoms with Crippen molar-refractivity contribution in [1.29, 1.82) is 0 Å². The quantitative estimate of drug-likeness (QED) is 0.840. The van der Waals surface area contributed by atoms with Crippen molar-refractivity contribution in [1.82, 2.24) is 10.6 Å². The number of halogens is 2. The van der Waals surface area contributed by atoms with Crippen LogP contribution in [-0.4, -0.2) is 32.7 Å². The Kier molecular flexibility index (Phi) is 5.29. The van der Waals surface area contributed by atoms with E-state index in [0.29, 0.717) is 27.9 Å². The van der Waals surface area contributed by atoms with Crippen LogP contribution >= 0.6 is 23.2 Å². The molecule has 0 spiro atoms. The Morgan fingerprint density at radius 3 is 2.80 bits per heavy atom. The molecule has 0 unspecified atom stereocenters. The predicted octanol–water partition coefficient (Wildman–Crippen LogP) is 2.65. The van der Waals surface area contributed by atoms with E-state index < -0.39 is 0 Å². The van der Waals surface area contributed by atoms with Crippen LogP contribution in [0.4, 0.5) is 0 Å². The number of ether oxygens (including phenoxy) is 1. The number of carbonyl (C=O) groups is 1. The molecule has 0 saturated heterocycles. The van der Waals surface area contributed by atoms with Crippen molar-refractivity contribution in [2.24, 2.45) is 0 Å². The molecule has 2 rings (SSSR count). The third-order valence-corrected chi connectivity index (χ3v) is 3.84. The van der Waals surface area contributed by atoms with Gasteiger partial charge in [0, 0.05) is 19.2 Å². The summed E-state index contributed by atoms with van der Waals surface area (Å²) in [5.41, 5.74) is 1.60. The van der Waals surface area contributed by atoms with Gasteiger partial charge in [0.05, 0.1) is 22.7 Å². The van der Waals surface area contributed by atoms with Crippen LogP contribution in [0.3, 0.4) is 0 Å². The summed E-state index contributed by atoms with van der Waals surface area (Å²) >= 11 is 11.9. The van der Waals surface area contributed by atoms with Crippen molar-refractivity contribution in [3.8, 4) is 5.75 Å². The fourth-order valence-corrected chi connectivity index (χ4v) is 2.31. The summed E-state index contributed by atoms with van der Waals surface area (Å²) < 4.78 is 5.17. The van der Waals surface area contributed by atoms with Gasteiger partial charge in [-0.05, 0) is 19.0 Å². The normalized spacial score (nSPS) is 14.7. The first kappa shape index (κ1) is 15.2. The van der Waals surface area contributed by atoms with Crippen LogP contribution < -0.4 is 15.4 Å². The summed E-state index contributed by atoms with van der Waals surface area (Å²) in [5, 5.41) is 6.79. The van der Waals surface area contributed by atoms with Gasteiger partial charge in [-0.15, -0.1) is 0 Å². The predicted molar refractivity (Wildman–Crippen MR) is 80.9 cm³/mol. The highest BCUT2D eigenvalue weighted by Gasteiger charge is 2.15. The molecule has 6 heteroatoms. The molecule has 1 amide bonds. The van der Waals surface area contributed by atoms with Gasteiger partial charge in [0.15, 0.2) is 0 Å². The average Bonchev–Trinajstić information content (AvgIpc) is 2.48. The molecule has 0 bridgehead atoms. The third kappa shape index (κ3) is 3.66. The topological polar surface area (TPSA) is 50.4 Å². The van der Waals surface area contributed by atoms with Gasteiger partial charge >= 0.3 is 0 Å². The van der Waals surface area contributed by atoms with Gasteiger partial charge in [0.25, 0.3) is 5.91 Å². The molecule has 1 aliphatic heterocycles. The number of nitrogens with one attached hydrogen (secondary N) is 2. The molecule has 0 atom stereocenters. The van der Waals surface area contributed by atoms with Crippen molar-refractivity contribution in [3.05, 3.63) is 39.4 Å². The second kappa shape index (κ2) is 6.97. The van der Waals surface area contributed by atoms with E-state index in [1.807, 2.05) is 0 Å². The summed E-state index contributed by atoms with van der Waals surface area (Å²) in [6.07, 6.45) is 3.04. The highest BCUT2D eigenvalue weighted by molar-refractivity contribution is 6.42. The number of hydrogen-bond acceptors (Lipinski definition) is 3. The number of rotatable bonds is 4. The van der Waals surface area contributed by atoms with Crippen molar-refractivity contribution >= 4 is 29.1 Å². The lowest BCUT2D eigenvalue weighted by molar-refractivity contribution is 0.0953. The molecule has 1 aliphatic rings. The summed E-state index contributed by atoms with van der Waals surface area (Å²) in [7, 11) is 1.49. The maximum Gasteiger partial charge on any atom is 0.255 e. The van der Waals surface area contributed by atoms with E-state index in [1.165, 1.54) is 18.7 Å². The van der Waals surface area contributed by atoms with Crippen LogP contribution in [0.2, 0.25) is 10.0 Å². The first-order valence-corrected chi connectivity index (χ1v) is 7.07. The second-order valence-electron chi connectivity index (χ2n) is 4.47. The lowest BCUT2D eigenvalue weighted by Crippen LogP contribution is -2.29. The zero-order chi connectivity index (χ0) is 14.5. The van der Waals surface area contributed by atoms with E-state index in [0.717, 1.165) is 19.5 Å². The molecule has 2 N–H and O–H groups in total. The molecule has 1 heterocycles. The minimum atomic E-state index is -0.222. The first-order valence-electron chi connectivity index (χ1n) is 6.31. The van der Waals surface area contributed by atoms with Crippen molar-refractivity contribution in [2.45, 2.75) is 6.42 Å². The number of methoxy groups -OCH3 is 1. The highest BCUT2D eigenvalue weighted by atomic mass is 35.5. The van der Waals surface area contributed by atoms with Crippen LogP contribution in [-0.2, 0) is 0 Å². The van der Waals surface area contributed by atoms with E-state index >= 15 is 0 Å². The monoisotopic (exact) mass is 314 g/mol. The van der Waals surface area contributed by atoms with Crippen LogP contribution in [0.15, 0.2) is 23.8 Å². The van der Waals surface area contributed by atoms with Crippen LogP contribution in [0, 0.1) is 0 Å². The fraction of sp³-hybridized carbons (Fsp3) is 0.357. The molecule has 1 aromatic rings. The molecule has 4 nitrogen and oxygen atoms in total. The average molecular weight is 315 g/mol. The van der Waals surface area contributed by atoms with Gasteiger partial charge in [0.1, 0.15) is 5.75 Å². The van der Waals surface area contributed by atoms with Gasteiger partial charge in [-0.3, -0.25) is 4.79 Å². The Bertz CT molecular complexity index is 544. The molecule has 0 aliphatic carbocycles.